The van der Waals surface area contributed by atoms with Gasteiger partial charge in [0, 0.05) is 7.05 Å². The first-order valence-electron chi connectivity index (χ1n) is 6.58. The summed E-state index contributed by atoms with van der Waals surface area (Å²) in [6, 6.07) is 15.8. The Kier molecular flexibility index (Phi) is 5.25. The van der Waals surface area contributed by atoms with Crippen molar-refractivity contribution in [1.82, 2.24) is 10.7 Å². The van der Waals surface area contributed by atoms with Crippen LogP contribution in [0.3, 0.4) is 0 Å². The second-order valence-corrected chi connectivity index (χ2v) is 4.25. The fraction of sp³-hybridized carbons (Fsp3) is 0.0625. The predicted octanol–water partition coefficient (Wildman–Crippen LogP) is 2.17. The number of rotatable bonds is 4. The molecule has 0 aliphatic rings. The van der Waals surface area contributed by atoms with Crippen molar-refractivity contribution >= 4 is 18.2 Å². The normalized spacial score (nSPS) is 10.2. The first-order valence-corrected chi connectivity index (χ1v) is 6.58. The highest BCUT2D eigenvalue weighted by atomic mass is 16.6. The molecule has 0 spiro atoms. The molecule has 6 nitrogen and oxygen atoms in total. The zero-order valence-corrected chi connectivity index (χ0v) is 11.9. The molecule has 0 fully saturated rings. The smallest absolute Gasteiger partial charge is 0.410 e. The highest BCUT2D eigenvalue weighted by molar-refractivity contribution is 5.98. The summed E-state index contributed by atoms with van der Waals surface area (Å²) in [6.07, 6.45) is 0.883. The number of hydrogen-bond donors (Lipinski definition) is 2. The third-order valence-corrected chi connectivity index (χ3v) is 2.72. The van der Waals surface area contributed by atoms with Crippen LogP contribution in [0.4, 0.5) is 4.79 Å². The molecule has 2 amide bonds. The van der Waals surface area contributed by atoms with Crippen LogP contribution in [-0.4, -0.2) is 25.3 Å². The summed E-state index contributed by atoms with van der Waals surface area (Å²) in [6.45, 7) is 0. The minimum Gasteiger partial charge on any atom is -0.410 e. The van der Waals surface area contributed by atoms with E-state index in [0.717, 1.165) is 5.56 Å². The van der Waals surface area contributed by atoms with E-state index in [1.807, 2.05) is 30.3 Å². The Bertz CT molecular complexity index is 684. The average molecular weight is 297 g/mol. The predicted molar refractivity (Wildman–Crippen MR) is 83.0 cm³/mol. The van der Waals surface area contributed by atoms with Gasteiger partial charge in [0.25, 0.3) is 5.91 Å². The molecule has 0 saturated heterocycles. The maximum absolute atomic E-state index is 12.1. The second-order valence-electron chi connectivity index (χ2n) is 4.25. The first-order chi connectivity index (χ1) is 10.7. The van der Waals surface area contributed by atoms with E-state index in [9.17, 15) is 9.59 Å². The van der Waals surface area contributed by atoms with Crippen LogP contribution in [0.15, 0.2) is 59.7 Å². The fourth-order valence-electron chi connectivity index (χ4n) is 1.66. The largest absolute Gasteiger partial charge is 0.412 e. The number of hydrogen-bond acceptors (Lipinski definition) is 4. The number of hydrazone groups is 1. The molecule has 0 unspecified atom stereocenters. The van der Waals surface area contributed by atoms with E-state index < -0.39 is 12.0 Å². The summed E-state index contributed by atoms with van der Waals surface area (Å²) in [5, 5.41) is 6.20. The molecule has 0 bridgehead atoms. The number of para-hydroxylation sites is 1. The van der Waals surface area contributed by atoms with Crippen molar-refractivity contribution in [2.45, 2.75) is 0 Å². The van der Waals surface area contributed by atoms with Gasteiger partial charge in [-0.25, -0.2) is 10.2 Å². The summed E-state index contributed by atoms with van der Waals surface area (Å²) in [5.41, 5.74) is 3.48. The van der Waals surface area contributed by atoms with Gasteiger partial charge < -0.3 is 10.1 Å². The van der Waals surface area contributed by atoms with Gasteiger partial charge in [0.2, 0.25) is 0 Å². The molecule has 2 N–H and O–H groups in total. The highest BCUT2D eigenvalue weighted by Crippen LogP contribution is 2.17. The van der Waals surface area contributed by atoms with E-state index in [0.29, 0.717) is 0 Å². The molecule has 0 atom stereocenters. The zero-order valence-electron chi connectivity index (χ0n) is 11.9. The lowest BCUT2D eigenvalue weighted by Crippen LogP contribution is -2.24. The zero-order chi connectivity index (χ0) is 15.8. The molecule has 0 heterocycles. The molecule has 2 aromatic rings. The Morgan fingerprint density at radius 3 is 2.45 bits per heavy atom. The van der Waals surface area contributed by atoms with Crippen molar-refractivity contribution in [2.75, 3.05) is 7.05 Å². The van der Waals surface area contributed by atoms with Crippen molar-refractivity contribution in [3.05, 3.63) is 65.7 Å². The van der Waals surface area contributed by atoms with Crippen LogP contribution >= 0.6 is 0 Å². The molecule has 112 valence electrons. The van der Waals surface area contributed by atoms with Crippen LogP contribution in [0.25, 0.3) is 0 Å². The summed E-state index contributed by atoms with van der Waals surface area (Å²) in [7, 11) is 1.44. The number of ether oxygens (including phenoxy) is 1. The van der Waals surface area contributed by atoms with Gasteiger partial charge in [-0.05, 0) is 17.7 Å². The van der Waals surface area contributed by atoms with Gasteiger partial charge in [-0.2, -0.15) is 5.10 Å². The third kappa shape index (κ3) is 4.17. The highest BCUT2D eigenvalue weighted by Gasteiger charge is 2.13. The van der Waals surface area contributed by atoms with Crippen molar-refractivity contribution in [1.29, 1.82) is 0 Å². The van der Waals surface area contributed by atoms with Gasteiger partial charge in [0.15, 0.2) is 0 Å². The molecule has 2 aromatic carbocycles. The van der Waals surface area contributed by atoms with Gasteiger partial charge in [-0.1, -0.05) is 42.5 Å². The SMILES string of the molecule is CNC(=O)Oc1ccccc1C(=O)NN=Cc1ccccc1. The van der Waals surface area contributed by atoms with Crippen LogP contribution < -0.4 is 15.5 Å². The molecule has 0 radical (unpaired) electrons. The average Bonchev–Trinajstić information content (AvgIpc) is 2.56. The van der Waals surface area contributed by atoms with Crippen LogP contribution in [0.2, 0.25) is 0 Å². The van der Waals surface area contributed by atoms with Crippen molar-refractivity contribution in [3.8, 4) is 5.75 Å². The molecule has 6 heteroatoms. The molecule has 0 aromatic heterocycles. The standard InChI is InChI=1S/C16H15N3O3/c1-17-16(21)22-14-10-6-5-9-13(14)15(20)19-18-11-12-7-3-2-4-8-12/h2-11H,1H3,(H,17,21)(H,19,20). The minimum atomic E-state index is -0.645. The van der Waals surface area contributed by atoms with E-state index in [1.54, 1.807) is 18.2 Å². The quantitative estimate of drug-likeness (QED) is 0.670. The van der Waals surface area contributed by atoms with E-state index in [2.05, 4.69) is 15.8 Å². The van der Waals surface area contributed by atoms with E-state index in [1.165, 1.54) is 19.3 Å². The number of amides is 2. The summed E-state index contributed by atoms with van der Waals surface area (Å²) >= 11 is 0. The molecular weight excluding hydrogens is 282 g/mol. The number of carbonyl (C=O) groups is 2. The topological polar surface area (TPSA) is 79.8 Å². The fourth-order valence-corrected chi connectivity index (χ4v) is 1.66. The van der Waals surface area contributed by atoms with Crippen LogP contribution in [-0.2, 0) is 0 Å². The van der Waals surface area contributed by atoms with E-state index in [-0.39, 0.29) is 11.3 Å². The van der Waals surface area contributed by atoms with Crippen molar-refractivity contribution < 1.29 is 14.3 Å². The number of nitrogens with zero attached hydrogens (tertiary/aromatic N) is 1. The van der Waals surface area contributed by atoms with Gasteiger partial charge in [0.1, 0.15) is 5.75 Å². The molecule has 2 rings (SSSR count). The molecule has 0 aliphatic heterocycles. The van der Waals surface area contributed by atoms with Gasteiger partial charge >= 0.3 is 6.09 Å². The summed E-state index contributed by atoms with van der Waals surface area (Å²) in [5.74, 6) is -0.305. The Labute approximate surface area is 127 Å². The lowest BCUT2D eigenvalue weighted by Gasteiger charge is -2.08. The van der Waals surface area contributed by atoms with Crippen molar-refractivity contribution in [2.24, 2.45) is 5.10 Å². The Morgan fingerprint density at radius 1 is 1.05 bits per heavy atom. The maximum atomic E-state index is 12.1. The molecule has 0 aliphatic carbocycles. The van der Waals surface area contributed by atoms with E-state index in [4.69, 9.17) is 4.74 Å². The lowest BCUT2D eigenvalue weighted by atomic mass is 10.2. The lowest BCUT2D eigenvalue weighted by molar-refractivity contribution is 0.0952. The third-order valence-electron chi connectivity index (χ3n) is 2.72. The van der Waals surface area contributed by atoms with Crippen LogP contribution in [0.1, 0.15) is 15.9 Å². The van der Waals surface area contributed by atoms with Crippen LogP contribution in [0.5, 0.6) is 5.75 Å². The number of nitrogens with one attached hydrogen (secondary N) is 2. The minimum absolute atomic E-state index is 0.161. The van der Waals surface area contributed by atoms with Gasteiger partial charge in [-0.3, -0.25) is 4.79 Å². The molecular formula is C16H15N3O3. The number of benzene rings is 2. The summed E-state index contributed by atoms with van der Waals surface area (Å²) in [4.78, 5) is 23.3. The molecule has 22 heavy (non-hydrogen) atoms. The second kappa shape index (κ2) is 7.58. The Hall–Kier alpha value is -3.15. The van der Waals surface area contributed by atoms with Gasteiger partial charge in [-0.15, -0.1) is 0 Å². The molecule has 0 saturated carbocycles. The van der Waals surface area contributed by atoms with Crippen molar-refractivity contribution in [3.63, 3.8) is 0 Å². The first kappa shape index (κ1) is 15.2. The van der Waals surface area contributed by atoms with Gasteiger partial charge in [0.05, 0.1) is 11.8 Å². The Balaban J connectivity index is 2.06. The summed E-state index contributed by atoms with van der Waals surface area (Å²) < 4.78 is 5.02. The monoisotopic (exact) mass is 297 g/mol. The van der Waals surface area contributed by atoms with E-state index >= 15 is 0 Å². The Morgan fingerprint density at radius 2 is 1.73 bits per heavy atom. The maximum Gasteiger partial charge on any atom is 0.412 e. The number of carbonyl (C=O) groups excluding carboxylic acids is 2. The van der Waals surface area contributed by atoms with Crippen LogP contribution in [0, 0.1) is 0 Å².